The Kier molecular flexibility index (Phi) is 17.2. The van der Waals surface area contributed by atoms with Gasteiger partial charge in [-0.3, -0.25) is 9.78 Å². The van der Waals surface area contributed by atoms with Crippen LogP contribution in [0.5, 0.6) is 28.7 Å². The minimum Gasteiger partial charge on any atom is -0.497 e. The Hall–Kier alpha value is -7.67. The summed E-state index contributed by atoms with van der Waals surface area (Å²) in [4.78, 5) is 32.8. The summed E-state index contributed by atoms with van der Waals surface area (Å²) in [6.45, 7) is 3.77. The number of aromatic amines is 1. The van der Waals surface area contributed by atoms with E-state index in [-0.39, 0.29) is 37.6 Å². The fourth-order valence-electron chi connectivity index (χ4n) is 8.75. The predicted molar refractivity (Wildman–Crippen MR) is 283 cm³/mol. The third kappa shape index (κ3) is 12.5. The highest BCUT2D eigenvalue weighted by Gasteiger charge is 2.40. The highest BCUT2D eigenvalue weighted by atomic mass is 35.5. The van der Waals surface area contributed by atoms with Crippen LogP contribution in [-0.2, 0) is 32.4 Å². The molecule has 1 atom stereocenters. The molecule has 0 aliphatic heterocycles. The number of H-pyrrole nitrogens is 1. The molecule has 3 heterocycles. The van der Waals surface area contributed by atoms with E-state index in [4.69, 9.17) is 46.9 Å². The Bertz CT molecular complexity index is 3270. The van der Waals surface area contributed by atoms with Gasteiger partial charge in [0.2, 0.25) is 5.28 Å². The molecule has 0 bridgehead atoms. The monoisotopic (exact) mass is 1080 g/mol. The van der Waals surface area contributed by atoms with Crippen LogP contribution >= 0.6 is 23.2 Å². The first-order valence-electron chi connectivity index (χ1n) is 23.7. The molecule has 8 aromatic rings. The average Bonchev–Trinajstić information content (AvgIpc) is 3.51. The van der Waals surface area contributed by atoms with Gasteiger partial charge < -0.3 is 38.8 Å². The molecule has 0 aliphatic carbocycles. The molecule has 396 valence electrons. The van der Waals surface area contributed by atoms with Gasteiger partial charge in [-0.25, -0.2) is 23.7 Å². The molecule has 0 spiro atoms. The number of methoxy groups -OCH3 is 4. The van der Waals surface area contributed by atoms with Crippen LogP contribution < -0.4 is 44.4 Å². The zero-order valence-corrected chi connectivity index (χ0v) is 43.6. The molecule has 0 saturated carbocycles. The highest BCUT2D eigenvalue weighted by Crippen LogP contribution is 2.47. The number of nitrogens with one attached hydrogen (secondary N) is 2. The number of pyridine rings is 2. The molecule has 0 amide bonds. The van der Waals surface area contributed by atoms with Gasteiger partial charge in [-0.2, -0.15) is 13.2 Å². The number of rotatable bonds is 21. The summed E-state index contributed by atoms with van der Waals surface area (Å²) in [6, 6.07) is 31.3. The largest absolute Gasteiger partial charge is 0.497 e. The zero-order valence-electron chi connectivity index (χ0n) is 42.1. The van der Waals surface area contributed by atoms with Crippen LogP contribution in [-0.4, -0.2) is 61.5 Å². The summed E-state index contributed by atoms with van der Waals surface area (Å²) >= 11 is 13.2. The summed E-state index contributed by atoms with van der Waals surface area (Å²) in [5, 5.41) is 1.57. The van der Waals surface area contributed by atoms with Crippen molar-refractivity contribution in [3.05, 3.63) is 187 Å². The Morgan fingerprint density at radius 2 is 1.17 bits per heavy atom. The van der Waals surface area contributed by atoms with Gasteiger partial charge in [0.15, 0.2) is 11.6 Å². The van der Waals surface area contributed by atoms with Crippen LogP contribution in [0.2, 0.25) is 10.3 Å². The molecular formula is C56H52Cl2F5N7O6. The average molecular weight is 1080 g/mol. The van der Waals surface area contributed by atoms with Crippen molar-refractivity contribution >= 4 is 45.7 Å². The molecule has 5 aromatic carbocycles. The van der Waals surface area contributed by atoms with E-state index in [9.17, 15) is 4.79 Å². The fourth-order valence-corrected chi connectivity index (χ4v) is 9.24. The van der Waals surface area contributed by atoms with Gasteiger partial charge in [-0.15, -0.1) is 0 Å². The van der Waals surface area contributed by atoms with Gasteiger partial charge in [-0.05, 0) is 114 Å². The summed E-state index contributed by atoms with van der Waals surface area (Å²) in [5.41, 5.74) is -1.12. The lowest BCUT2D eigenvalue weighted by Crippen LogP contribution is -2.29. The van der Waals surface area contributed by atoms with Crippen molar-refractivity contribution in [3.63, 3.8) is 0 Å². The Labute approximate surface area is 445 Å². The fraction of sp³-hybridized carbons (Fsp3) is 0.250. The summed E-state index contributed by atoms with van der Waals surface area (Å²) in [7, 11) is 6.22. The Morgan fingerprint density at radius 3 is 1.63 bits per heavy atom. The smallest absolute Gasteiger partial charge is 0.418 e. The van der Waals surface area contributed by atoms with Crippen LogP contribution in [0.15, 0.2) is 120 Å². The van der Waals surface area contributed by atoms with E-state index < -0.39 is 73.2 Å². The first-order chi connectivity index (χ1) is 36.5. The van der Waals surface area contributed by atoms with Gasteiger partial charge in [-0.1, -0.05) is 60.1 Å². The number of hydrogen-bond donors (Lipinski definition) is 2. The maximum Gasteiger partial charge on any atom is 0.418 e. The van der Waals surface area contributed by atoms with Crippen LogP contribution in [0.4, 0.5) is 33.6 Å². The molecule has 0 radical (unpaired) electrons. The first kappa shape index (κ1) is 54.6. The lowest BCUT2D eigenvalue weighted by Gasteiger charge is -2.28. The summed E-state index contributed by atoms with van der Waals surface area (Å²) in [5.74, 6) is 0.604. The molecule has 0 aliphatic rings. The van der Waals surface area contributed by atoms with Crippen molar-refractivity contribution in [2.45, 2.75) is 52.2 Å². The molecule has 8 rings (SSSR count). The van der Waals surface area contributed by atoms with Gasteiger partial charge in [0.25, 0.3) is 5.56 Å². The van der Waals surface area contributed by atoms with Crippen LogP contribution in [0.3, 0.4) is 0 Å². The number of aromatic nitrogens is 4. The maximum atomic E-state index is 17.3. The number of benzene rings is 5. The molecule has 20 heteroatoms. The highest BCUT2D eigenvalue weighted by molar-refractivity contribution is 6.36. The molecule has 0 unspecified atom stereocenters. The van der Waals surface area contributed by atoms with Crippen molar-refractivity contribution in [1.82, 2.24) is 25.3 Å². The van der Waals surface area contributed by atoms with Gasteiger partial charge in [0, 0.05) is 44.3 Å². The number of fused-ring (bicyclic) bond motifs is 1. The van der Waals surface area contributed by atoms with E-state index in [0.717, 1.165) is 28.5 Å². The van der Waals surface area contributed by atoms with Crippen LogP contribution in [0.25, 0.3) is 22.2 Å². The lowest BCUT2D eigenvalue weighted by molar-refractivity contribution is -0.137. The molecular weight excluding hydrogens is 1030 g/mol. The molecule has 13 nitrogen and oxygen atoms in total. The zero-order chi connectivity index (χ0) is 54.3. The van der Waals surface area contributed by atoms with Crippen molar-refractivity contribution in [1.29, 1.82) is 0 Å². The van der Waals surface area contributed by atoms with E-state index in [1.54, 1.807) is 74.6 Å². The topological polar surface area (TPSA) is 136 Å². The third-order valence-electron chi connectivity index (χ3n) is 12.6. The number of anilines is 2. The Morgan fingerprint density at radius 1 is 0.697 bits per heavy atom. The third-order valence-corrected chi connectivity index (χ3v) is 13.1. The second kappa shape index (κ2) is 23.9. The predicted octanol–water partition coefficient (Wildman–Crippen LogP) is 12.5. The minimum atomic E-state index is -5.09. The second-order valence-electron chi connectivity index (χ2n) is 17.6. The Balaban J connectivity index is 1.15. The first-order valence-corrected chi connectivity index (χ1v) is 24.5. The number of ether oxygens (including phenoxy) is 5. The molecule has 76 heavy (non-hydrogen) atoms. The molecule has 2 N–H and O–H groups in total. The molecule has 0 saturated heterocycles. The van der Waals surface area contributed by atoms with Crippen molar-refractivity contribution in [3.8, 4) is 40.0 Å². The number of alkyl halides is 3. The normalized spacial score (nSPS) is 11.9. The minimum absolute atomic E-state index is 0.0101. The van der Waals surface area contributed by atoms with Gasteiger partial charge in [0.1, 0.15) is 58.0 Å². The van der Waals surface area contributed by atoms with Crippen molar-refractivity contribution < 1.29 is 45.6 Å². The van der Waals surface area contributed by atoms with E-state index in [2.05, 4.69) is 25.3 Å². The molecule has 3 aromatic heterocycles. The van der Waals surface area contributed by atoms with Gasteiger partial charge >= 0.3 is 6.18 Å². The van der Waals surface area contributed by atoms with E-state index in [1.807, 2.05) is 53.4 Å². The molecule has 0 fully saturated rings. The van der Waals surface area contributed by atoms with E-state index in [1.165, 1.54) is 33.3 Å². The number of halogens is 7. The van der Waals surface area contributed by atoms with Crippen LogP contribution in [0.1, 0.15) is 51.9 Å². The summed E-state index contributed by atoms with van der Waals surface area (Å²) < 4.78 is 106. The van der Waals surface area contributed by atoms with Crippen molar-refractivity contribution in [2.24, 2.45) is 0 Å². The summed E-state index contributed by atoms with van der Waals surface area (Å²) in [6.07, 6.45) is -3.95. The quantitative estimate of drug-likeness (QED) is 0.0403. The number of hydrogen-bond acceptors (Lipinski definition) is 12. The van der Waals surface area contributed by atoms with Crippen molar-refractivity contribution in [2.75, 3.05) is 51.4 Å². The number of nitrogens with zero attached hydrogens (tertiary/aromatic N) is 5. The van der Waals surface area contributed by atoms with Gasteiger partial charge in [0.05, 0.1) is 56.5 Å². The number of aryl methyl sites for hydroxylation is 1. The van der Waals surface area contributed by atoms with E-state index >= 15 is 22.0 Å². The SMILES string of the molecule is COc1ccc(CN(Cc2ccc(OC)cc2)c2cc(C)c(C(F)(F)F)c(-c3c(Cl)c(OCCN[C@H](C)c4cc(F)cnc4N(Cc4ccc(OC)cc4)Cc4ccc(OC)cc4)c4c(=O)[nH]c(Cl)nc4c3F)n2)cc1. The standard InChI is InChI=1S/C56H52Cl2F5N7O6/c1-32-25-44(69(28-34-7-15-39(72-3)16-8-34)29-35-9-17-40(73-4)18-10-35)66-50(47(32)56(61,62)63)45-48(57)52(46-51(49(45)60)67-55(58)68-54(46)71)76-24-23-64-33(2)43-26-38(59)27-65-53(43)70(30-36-11-19-41(74-5)20-12-36)31-37-13-21-42(75-6)22-14-37/h7-22,25-27,33,64H,23-24,28-31H2,1-6H3,(H,67,68,71)/t33-/m1/s1. The lowest BCUT2D eigenvalue weighted by atomic mass is 9.98. The van der Waals surface area contributed by atoms with Crippen LogP contribution in [0, 0.1) is 18.6 Å². The second-order valence-corrected chi connectivity index (χ2v) is 18.4. The maximum absolute atomic E-state index is 17.3. The van der Waals surface area contributed by atoms with E-state index in [0.29, 0.717) is 47.5 Å².